The van der Waals surface area contributed by atoms with Gasteiger partial charge >= 0.3 is 0 Å². The van der Waals surface area contributed by atoms with E-state index in [2.05, 4.69) is 4.98 Å². The number of ether oxygens (including phenoxy) is 1. The van der Waals surface area contributed by atoms with Crippen LogP contribution in [0.2, 0.25) is 0 Å². The molecule has 13 heavy (non-hydrogen) atoms. The summed E-state index contributed by atoms with van der Waals surface area (Å²) in [4.78, 5) is 4.14. The van der Waals surface area contributed by atoms with Gasteiger partial charge < -0.3 is 4.74 Å². The summed E-state index contributed by atoms with van der Waals surface area (Å²) in [6.07, 6.45) is 3.21. The summed E-state index contributed by atoms with van der Waals surface area (Å²) in [7, 11) is 0.742. The number of rotatable bonds is 4. The highest BCUT2D eigenvalue weighted by molar-refractivity contribution is 7.84. The van der Waals surface area contributed by atoms with Crippen molar-refractivity contribution in [1.29, 1.82) is 0 Å². The van der Waals surface area contributed by atoms with Gasteiger partial charge in [-0.3, -0.25) is 9.19 Å². The summed E-state index contributed by atoms with van der Waals surface area (Å²) in [5, 5.41) is 0. The van der Waals surface area contributed by atoms with Crippen molar-refractivity contribution in [3.05, 3.63) is 30.1 Å². The molecule has 0 aromatic carbocycles. The first-order valence-corrected chi connectivity index (χ1v) is 5.70. The molecule has 3 nitrogen and oxygen atoms in total. The Kier molecular flexibility index (Phi) is 4.05. The molecule has 0 aliphatic carbocycles. The second-order valence-electron chi connectivity index (χ2n) is 2.72. The minimum absolute atomic E-state index is 0.160. The summed E-state index contributed by atoms with van der Waals surface area (Å²) < 4.78 is 16.2. The highest BCUT2D eigenvalue weighted by atomic mass is 32.2. The summed E-state index contributed by atoms with van der Waals surface area (Å²) >= 11 is 0. The Bertz CT molecular complexity index is 276. The van der Waals surface area contributed by atoms with Crippen LogP contribution in [0.25, 0.3) is 0 Å². The Labute approximate surface area is 80.6 Å². The zero-order valence-electron chi connectivity index (χ0n) is 7.77. The molecule has 0 saturated heterocycles. The Balaban J connectivity index is 2.73. The molecule has 1 heterocycles. The number of pyridine rings is 1. The van der Waals surface area contributed by atoms with E-state index in [1.165, 1.54) is 0 Å². The van der Waals surface area contributed by atoms with Gasteiger partial charge in [0.05, 0.1) is 11.4 Å². The van der Waals surface area contributed by atoms with Crippen molar-refractivity contribution in [2.75, 3.05) is 19.1 Å². The Morgan fingerprint density at radius 3 is 2.85 bits per heavy atom. The van der Waals surface area contributed by atoms with Gasteiger partial charge in [-0.2, -0.15) is 0 Å². The lowest BCUT2D eigenvalue weighted by molar-refractivity contribution is 0.119. The van der Waals surface area contributed by atoms with Gasteiger partial charge in [0.15, 0.2) is 0 Å². The number of aromatic nitrogens is 1. The van der Waals surface area contributed by atoms with E-state index in [-0.39, 0.29) is 6.10 Å². The van der Waals surface area contributed by atoms with Gasteiger partial charge in [-0.1, -0.05) is 6.07 Å². The lowest BCUT2D eigenvalue weighted by Gasteiger charge is -2.12. The minimum Gasteiger partial charge on any atom is -0.374 e. The number of methoxy groups -OCH3 is 1. The van der Waals surface area contributed by atoms with E-state index < -0.39 is 10.8 Å². The number of nitrogens with zero attached hydrogens (tertiary/aromatic N) is 1. The first-order chi connectivity index (χ1) is 6.24. The monoisotopic (exact) mass is 199 g/mol. The van der Waals surface area contributed by atoms with Gasteiger partial charge in [0.2, 0.25) is 0 Å². The lowest BCUT2D eigenvalue weighted by atomic mass is 10.2. The molecule has 2 atom stereocenters. The van der Waals surface area contributed by atoms with Crippen LogP contribution >= 0.6 is 0 Å². The molecule has 1 aromatic rings. The third-order valence-corrected chi connectivity index (χ3v) is 2.46. The maximum Gasteiger partial charge on any atom is 0.110 e. The van der Waals surface area contributed by atoms with Gasteiger partial charge in [-0.25, -0.2) is 0 Å². The molecule has 0 unspecified atom stereocenters. The molecule has 0 radical (unpaired) electrons. The van der Waals surface area contributed by atoms with E-state index >= 15 is 0 Å². The van der Waals surface area contributed by atoms with Crippen LogP contribution in [0.4, 0.5) is 0 Å². The van der Waals surface area contributed by atoms with Gasteiger partial charge in [-0.15, -0.1) is 0 Å². The number of hydrogen-bond donors (Lipinski definition) is 0. The first-order valence-electron chi connectivity index (χ1n) is 3.97. The maximum atomic E-state index is 11.0. The zero-order chi connectivity index (χ0) is 9.68. The van der Waals surface area contributed by atoms with E-state index in [1.807, 2.05) is 18.2 Å². The van der Waals surface area contributed by atoms with Crippen molar-refractivity contribution in [2.24, 2.45) is 0 Å². The van der Waals surface area contributed by atoms with Crippen molar-refractivity contribution in [1.82, 2.24) is 4.98 Å². The summed E-state index contributed by atoms with van der Waals surface area (Å²) in [6, 6.07) is 5.62. The largest absolute Gasteiger partial charge is 0.374 e. The molecule has 0 amide bonds. The normalized spacial score (nSPS) is 15.2. The minimum atomic E-state index is -0.861. The van der Waals surface area contributed by atoms with E-state index in [4.69, 9.17) is 4.74 Å². The second-order valence-corrected chi connectivity index (χ2v) is 4.20. The molecule has 1 aromatic heterocycles. The molecule has 0 spiro atoms. The van der Waals surface area contributed by atoms with Gasteiger partial charge in [0, 0.05) is 30.4 Å². The third-order valence-electron chi connectivity index (χ3n) is 1.69. The van der Waals surface area contributed by atoms with Crippen molar-refractivity contribution in [2.45, 2.75) is 6.10 Å². The second kappa shape index (κ2) is 5.09. The zero-order valence-corrected chi connectivity index (χ0v) is 8.58. The third kappa shape index (κ3) is 3.24. The Morgan fingerprint density at radius 2 is 2.38 bits per heavy atom. The van der Waals surface area contributed by atoms with Crippen molar-refractivity contribution in [3.63, 3.8) is 0 Å². The predicted molar refractivity (Wildman–Crippen MR) is 52.9 cm³/mol. The van der Waals surface area contributed by atoms with E-state index in [1.54, 1.807) is 19.6 Å². The summed E-state index contributed by atoms with van der Waals surface area (Å²) in [5.74, 6) is 0.494. The number of hydrogen-bond acceptors (Lipinski definition) is 3. The quantitative estimate of drug-likeness (QED) is 0.730. The van der Waals surface area contributed by atoms with Gasteiger partial charge in [0.1, 0.15) is 6.10 Å². The fourth-order valence-corrected chi connectivity index (χ4v) is 1.79. The molecule has 0 fully saturated rings. The van der Waals surface area contributed by atoms with Crippen LogP contribution in [0.5, 0.6) is 0 Å². The van der Waals surface area contributed by atoms with Gasteiger partial charge in [0.25, 0.3) is 0 Å². The van der Waals surface area contributed by atoms with Crippen LogP contribution in [-0.4, -0.2) is 28.3 Å². The highest BCUT2D eigenvalue weighted by Crippen LogP contribution is 2.13. The molecule has 72 valence electrons. The molecule has 1 rings (SSSR count). The molecule has 0 aliphatic rings. The highest BCUT2D eigenvalue weighted by Gasteiger charge is 2.12. The SMILES string of the molecule is CO[C@H](C[S@@](C)=O)c1ccccn1. The molecule has 4 heteroatoms. The van der Waals surface area contributed by atoms with Crippen LogP contribution in [0.1, 0.15) is 11.8 Å². The molecule has 0 saturated carbocycles. The fraction of sp³-hybridized carbons (Fsp3) is 0.444. The van der Waals surface area contributed by atoms with Crippen molar-refractivity contribution in [3.8, 4) is 0 Å². The smallest absolute Gasteiger partial charge is 0.110 e. The predicted octanol–water partition coefficient (Wildman–Crippen LogP) is 1.15. The van der Waals surface area contributed by atoms with E-state index in [0.717, 1.165) is 5.69 Å². The average molecular weight is 199 g/mol. The van der Waals surface area contributed by atoms with E-state index in [9.17, 15) is 4.21 Å². The van der Waals surface area contributed by atoms with Crippen LogP contribution in [0.3, 0.4) is 0 Å². The van der Waals surface area contributed by atoms with Crippen molar-refractivity contribution < 1.29 is 8.95 Å². The van der Waals surface area contributed by atoms with Crippen LogP contribution in [0.15, 0.2) is 24.4 Å². The Hall–Kier alpha value is -0.740. The van der Waals surface area contributed by atoms with E-state index in [0.29, 0.717) is 5.75 Å². The fourth-order valence-electron chi connectivity index (χ4n) is 1.05. The van der Waals surface area contributed by atoms with Crippen molar-refractivity contribution >= 4 is 10.8 Å². The van der Waals surface area contributed by atoms with Crippen LogP contribution in [-0.2, 0) is 15.5 Å². The average Bonchev–Trinajstić information content (AvgIpc) is 2.15. The summed E-state index contributed by atoms with van der Waals surface area (Å²) in [5.41, 5.74) is 0.834. The first kappa shape index (κ1) is 10.3. The van der Waals surface area contributed by atoms with Crippen LogP contribution < -0.4 is 0 Å². The molecular weight excluding hydrogens is 186 g/mol. The Morgan fingerprint density at radius 1 is 1.62 bits per heavy atom. The molecule has 0 aliphatic heterocycles. The lowest BCUT2D eigenvalue weighted by Crippen LogP contribution is -2.11. The maximum absolute atomic E-state index is 11.0. The van der Waals surface area contributed by atoms with Crippen LogP contribution in [0, 0.1) is 0 Å². The standard InChI is InChI=1S/C9H13NO2S/c1-12-9(7-13(2)11)8-5-3-4-6-10-8/h3-6,9H,7H2,1-2H3/t9-,13-/m1/s1. The molecule has 0 N–H and O–H groups in total. The summed E-state index contributed by atoms with van der Waals surface area (Å²) in [6.45, 7) is 0. The molecular formula is C9H13NO2S. The molecule has 0 bridgehead atoms. The topological polar surface area (TPSA) is 39.2 Å². The van der Waals surface area contributed by atoms with Gasteiger partial charge in [-0.05, 0) is 12.1 Å².